The number of anilines is 1. The van der Waals surface area contributed by atoms with Crippen LogP contribution in [0.1, 0.15) is 17.9 Å². The molecule has 0 amide bonds. The van der Waals surface area contributed by atoms with Gasteiger partial charge in [-0.3, -0.25) is 4.68 Å². The van der Waals surface area contributed by atoms with Crippen molar-refractivity contribution in [2.24, 2.45) is 0 Å². The molecule has 0 fully saturated rings. The fraction of sp³-hybridized carbons (Fsp3) is 0.308. The summed E-state index contributed by atoms with van der Waals surface area (Å²) in [4.78, 5) is 0. The molecule has 1 aliphatic rings. The molecule has 1 aliphatic heterocycles. The maximum atomic E-state index is 5.91. The summed E-state index contributed by atoms with van der Waals surface area (Å²) in [7, 11) is 0. The molecular weight excluding hydrogens is 250 g/mol. The standard InChI is InChI=1S/C13H14ClN3O/c14-11-8-17(16-13(11)15)7-9-5-6-18-12-4-2-1-3-10(9)12/h1-4,8-9H,5-7H2,(H2,15,16). The maximum absolute atomic E-state index is 5.91. The van der Waals surface area contributed by atoms with Gasteiger partial charge in [-0.25, -0.2) is 0 Å². The first-order chi connectivity index (χ1) is 8.74. The molecule has 18 heavy (non-hydrogen) atoms. The largest absolute Gasteiger partial charge is 0.493 e. The molecular formula is C13H14ClN3O. The molecule has 3 rings (SSSR count). The molecule has 1 unspecified atom stereocenters. The van der Waals surface area contributed by atoms with Crippen LogP contribution in [0.3, 0.4) is 0 Å². The molecule has 2 aromatic rings. The van der Waals surface area contributed by atoms with Crippen LogP contribution in [0, 0.1) is 0 Å². The summed E-state index contributed by atoms with van der Waals surface area (Å²) >= 11 is 5.91. The van der Waals surface area contributed by atoms with Crippen LogP contribution in [-0.2, 0) is 6.54 Å². The Bertz CT molecular complexity index is 548. The zero-order valence-corrected chi connectivity index (χ0v) is 10.6. The molecule has 1 aromatic carbocycles. The molecule has 0 saturated heterocycles. The van der Waals surface area contributed by atoms with Gasteiger partial charge >= 0.3 is 0 Å². The van der Waals surface area contributed by atoms with Crippen molar-refractivity contribution in [2.75, 3.05) is 12.3 Å². The van der Waals surface area contributed by atoms with Gasteiger partial charge in [0.05, 0.1) is 6.61 Å². The summed E-state index contributed by atoms with van der Waals surface area (Å²) in [5.74, 6) is 1.75. The number of aromatic nitrogens is 2. The Hall–Kier alpha value is -1.68. The van der Waals surface area contributed by atoms with Gasteiger partial charge in [-0.1, -0.05) is 29.8 Å². The number of fused-ring (bicyclic) bond motifs is 1. The number of hydrogen-bond donors (Lipinski definition) is 1. The highest BCUT2D eigenvalue weighted by Crippen LogP contribution is 2.34. The maximum Gasteiger partial charge on any atom is 0.164 e. The third kappa shape index (κ3) is 2.04. The fourth-order valence-electron chi connectivity index (χ4n) is 2.34. The number of nitrogens with zero attached hydrogens (tertiary/aromatic N) is 2. The van der Waals surface area contributed by atoms with Gasteiger partial charge in [-0.15, -0.1) is 0 Å². The number of benzene rings is 1. The number of rotatable bonds is 2. The normalized spacial score (nSPS) is 18.2. The Morgan fingerprint density at radius 1 is 1.44 bits per heavy atom. The van der Waals surface area contributed by atoms with Crippen molar-refractivity contribution >= 4 is 17.4 Å². The van der Waals surface area contributed by atoms with E-state index in [1.807, 2.05) is 22.9 Å². The SMILES string of the molecule is Nc1nn(CC2CCOc3ccccc32)cc1Cl. The van der Waals surface area contributed by atoms with Crippen LogP contribution < -0.4 is 10.5 Å². The van der Waals surface area contributed by atoms with Gasteiger partial charge in [0, 0.05) is 18.7 Å². The van der Waals surface area contributed by atoms with Crippen molar-refractivity contribution in [3.05, 3.63) is 41.0 Å². The number of ether oxygens (including phenoxy) is 1. The second kappa shape index (κ2) is 4.53. The number of hydrogen-bond acceptors (Lipinski definition) is 3. The third-order valence-electron chi connectivity index (χ3n) is 3.23. The minimum Gasteiger partial charge on any atom is -0.493 e. The zero-order chi connectivity index (χ0) is 12.5. The van der Waals surface area contributed by atoms with Crippen LogP contribution in [0.25, 0.3) is 0 Å². The highest BCUT2D eigenvalue weighted by molar-refractivity contribution is 6.32. The summed E-state index contributed by atoms with van der Waals surface area (Å²) in [6.45, 7) is 1.52. The molecule has 1 atom stereocenters. The summed E-state index contributed by atoms with van der Waals surface area (Å²) in [6.07, 6.45) is 2.75. The van der Waals surface area contributed by atoms with Gasteiger partial charge in [0.25, 0.3) is 0 Å². The van der Waals surface area contributed by atoms with E-state index < -0.39 is 0 Å². The van der Waals surface area contributed by atoms with Gasteiger partial charge in [-0.05, 0) is 18.1 Å². The van der Waals surface area contributed by atoms with Crippen molar-refractivity contribution < 1.29 is 4.74 Å². The summed E-state index contributed by atoms with van der Waals surface area (Å²) in [5.41, 5.74) is 6.88. The molecule has 0 aliphatic carbocycles. The van der Waals surface area contributed by atoms with Gasteiger partial charge in [0.15, 0.2) is 5.82 Å². The lowest BCUT2D eigenvalue weighted by Gasteiger charge is -2.25. The van der Waals surface area contributed by atoms with E-state index in [9.17, 15) is 0 Å². The van der Waals surface area contributed by atoms with Crippen LogP contribution in [0.5, 0.6) is 5.75 Å². The predicted octanol–water partition coefficient (Wildman–Crippen LogP) is 2.69. The Morgan fingerprint density at radius 3 is 3.06 bits per heavy atom. The minimum absolute atomic E-state index is 0.386. The van der Waals surface area contributed by atoms with E-state index in [1.165, 1.54) is 5.56 Å². The number of para-hydroxylation sites is 1. The Kier molecular flexibility index (Phi) is 2.88. The molecule has 4 nitrogen and oxygen atoms in total. The number of nitrogen functional groups attached to an aromatic ring is 1. The molecule has 1 aromatic heterocycles. The fourth-order valence-corrected chi connectivity index (χ4v) is 2.49. The molecule has 0 spiro atoms. The predicted molar refractivity (Wildman–Crippen MR) is 70.9 cm³/mol. The molecule has 0 bridgehead atoms. The van der Waals surface area contributed by atoms with E-state index in [0.717, 1.165) is 25.3 Å². The van der Waals surface area contributed by atoms with Crippen molar-refractivity contribution in [3.63, 3.8) is 0 Å². The van der Waals surface area contributed by atoms with Crippen LogP contribution in [0.15, 0.2) is 30.5 Å². The van der Waals surface area contributed by atoms with Crippen LogP contribution in [-0.4, -0.2) is 16.4 Å². The van der Waals surface area contributed by atoms with Crippen molar-refractivity contribution in [1.29, 1.82) is 0 Å². The molecule has 2 heterocycles. The quantitative estimate of drug-likeness (QED) is 0.906. The monoisotopic (exact) mass is 263 g/mol. The molecule has 94 valence electrons. The van der Waals surface area contributed by atoms with Crippen LogP contribution in [0.4, 0.5) is 5.82 Å². The average Bonchev–Trinajstić information content (AvgIpc) is 2.69. The van der Waals surface area contributed by atoms with Crippen molar-refractivity contribution in [3.8, 4) is 5.75 Å². The highest BCUT2D eigenvalue weighted by atomic mass is 35.5. The Morgan fingerprint density at radius 2 is 2.28 bits per heavy atom. The molecule has 0 radical (unpaired) electrons. The van der Waals surface area contributed by atoms with Crippen molar-refractivity contribution in [1.82, 2.24) is 9.78 Å². The zero-order valence-electron chi connectivity index (χ0n) is 9.84. The average molecular weight is 264 g/mol. The lowest BCUT2D eigenvalue weighted by atomic mass is 9.93. The topological polar surface area (TPSA) is 53.1 Å². The second-order valence-corrected chi connectivity index (χ2v) is 4.86. The van der Waals surface area contributed by atoms with Crippen LogP contribution in [0.2, 0.25) is 5.02 Å². The van der Waals surface area contributed by atoms with E-state index in [1.54, 1.807) is 6.20 Å². The Balaban J connectivity index is 1.86. The van der Waals surface area contributed by atoms with Gasteiger partial charge < -0.3 is 10.5 Å². The van der Waals surface area contributed by atoms with Gasteiger partial charge in [0.1, 0.15) is 10.8 Å². The van der Waals surface area contributed by atoms with Crippen LogP contribution >= 0.6 is 11.6 Å². The van der Waals surface area contributed by atoms with E-state index in [4.69, 9.17) is 22.1 Å². The second-order valence-electron chi connectivity index (χ2n) is 4.46. The first-order valence-electron chi connectivity index (χ1n) is 5.94. The van der Waals surface area contributed by atoms with E-state index >= 15 is 0 Å². The Labute approximate surface area is 110 Å². The van der Waals surface area contributed by atoms with E-state index in [0.29, 0.717) is 16.8 Å². The number of nitrogens with two attached hydrogens (primary N) is 1. The van der Waals surface area contributed by atoms with Crippen molar-refractivity contribution in [2.45, 2.75) is 18.9 Å². The lowest BCUT2D eigenvalue weighted by Crippen LogP contribution is -2.18. The molecule has 5 heteroatoms. The first-order valence-corrected chi connectivity index (χ1v) is 6.32. The molecule has 0 saturated carbocycles. The summed E-state index contributed by atoms with van der Waals surface area (Å²) < 4.78 is 7.45. The summed E-state index contributed by atoms with van der Waals surface area (Å²) in [6, 6.07) is 8.13. The highest BCUT2D eigenvalue weighted by Gasteiger charge is 2.21. The minimum atomic E-state index is 0.386. The van der Waals surface area contributed by atoms with E-state index in [-0.39, 0.29) is 0 Å². The number of halogens is 1. The molecule has 2 N–H and O–H groups in total. The third-order valence-corrected chi connectivity index (χ3v) is 3.52. The van der Waals surface area contributed by atoms with Gasteiger partial charge in [-0.2, -0.15) is 5.10 Å². The summed E-state index contributed by atoms with van der Waals surface area (Å²) in [5, 5.41) is 4.71. The van der Waals surface area contributed by atoms with E-state index in [2.05, 4.69) is 11.2 Å². The first kappa shape index (κ1) is 11.4. The lowest BCUT2D eigenvalue weighted by molar-refractivity contribution is 0.256. The van der Waals surface area contributed by atoms with Gasteiger partial charge in [0.2, 0.25) is 0 Å². The smallest absolute Gasteiger partial charge is 0.164 e.